The summed E-state index contributed by atoms with van der Waals surface area (Å²) in [5.74, 6) is 0.449. The largest absolute Gasteiger partial charge is 0.497 e. The van der Waals surface area contributed by atoms with Crippen LogP contribution in [0, 0.1) is 0 Å². The van der Waals surface area contributed by atoms with Crippen LogP contribution >= 0.6 is 0 Å². The molecule has 0 aliphatic rings. The Morgan fingerprint density at radius 3 is 2.31 bits per heavy atom. The first-order chi connectivity index (χ1) is 6.15. The highest BCUT2D eigenvalue weighted by atomic mass is 16.5. The van der Waals surface area contributed by atoms with Gasteiger partial charge in [-0.3, -0.25) is 4.79 Å². The molecule has 0 aliphatic heterocycles. The minimum Gasteiger partial charge on any atom is -0.497 e. The van der Waals surface area contributed by atoms with E-state index in [4.69, 9.17) is 4.74 Å². The van der Waals surface area contributed by atoms with Crippen molar-refractivity contribution in [1.82, 2.24) is 0 Å². The predicted octanol–water partition coefficient (Wildman–Crippen LogP) is 1.32. The van der Waals surface area contributed by atoms with Gasteiger partial charge in [-0.15, -0.1) is 0 Å². The number of hydrogen-bond donors (Lipinski definition) is 1. The van der Waals surface area contributed by atoms with Crippen LogP contribution in [0.4, 0.5) is 0 Å². The minimum atomic E-state index is -1.02. The average molecular weight is 180 g/mol. The van der Waals surface area contributed by atoms with Gasteiger partial charge in [0.15, 0.2) is 5.78 Å². The lowest BCUT2D eigenvalue weighted by atomic mass is 10.1. The number of ether oxygens (including phenoxy) is 1. The van der Waals surface area contributed by atoms with E-state index < -0.39 is 6.10 Å². The van der Waals surface area contributed by atoms with Crippen molar-refractivity contribution in [1.29, 1.82) is 0 Å². The Morgan fingerprint density at radius 2 is 1.92 bits per heavy atom. The van der Waals surface area contributed by atoms with E-state index in [1.165, 1.54) is 6.92 Å². The number of carbonyl (C=O) groups is 1. The molecule has 1 aromatic rings. The fourth-order valence-corrected chi connectivity index (χ4v) is 1.02. The van der Waals surface area contributed by atoms with Gasteiger partial charge in [-0.05, 0) is 24.6 Å². The zero-order valence-electron chi connectivity index (χ0n) is 7.65. The van der Waals surface area contributed by atoms with Gasteiger partial charge in [0.05, 0.1) is 7.11 Å². The van der Waals surface area contributed by atoms with Crippen molar-refractivity contribution in [2.45, 2.75) is 13.0 Å². The molecule has 3 heteroatoms. The van der Waals surface area contributed by atoms with Gasteiger partial charge in [0, 0.05) is 0 Å². The fourth-order valence-electron chi connectivity index (χ4n) is 1.02. The number of aliphatic hydroxyl groups is 1. The SMILES string of the molecule is COc1ccc([C@@H](O)C(C)=O)cc1. The van der Waals surface area contributed by atoms with E-state index in [0.29, 0.717) is 11.3 Å². The maximum absolute atomic E-state index is 10.8. The van der Waals surface area contributed by atoms with Crippen LogP contribution in [0.2, 0.25) is 0 Å². The number of ketones is 1. The smallest absolute Gasteiger partial charge is 0.162 e. The Balaban J connectivity index is 2.85. The van der Waals surface area contributed by atoms with Gasteiger partial charge in [-0.2, -0.15) is 0 Å². The quantitative estimate of drug-likeness (QED) is 0.763. The molecule has 0 radical (unpaired) electrons. The Morgan fingerprint density at radius 1 is 1.38 bits per heavy atom. The third kappa shape index (κ3) is 2.29. The third-order valence-electron chi connectivity index (χ3n) is 1.82. The highest BCUT2D eigenvalue weighted by Gasteiger charge is 2.11. The molecule has 1 rings (SSSR count). The Hall–Kier alpha value is -1.35. The van der Waals surface area contributed by atoms with Gasteiger partial charge >= 0.3 is 0 Å². The molecule has 70 valence electrons. The highest BCUT2D eigenvalue weighted by Crippen LogP contribution is 2.17. The molecule has 0 saturated carbocycles. The number of aliphatic hydroxyl groups excluding tert-OH is 1. The summed E-state index contributed by atoms with van der Waals surface area (Å²) >= 11 is 0. The van der Waals surface area contributed by atoms with Crippen LogP contribution in [-0.2, 0) is 4.79 Å². The molecule has 0 aromatic heterocycles. The standard InChI is InChI=1S/C10H12O3/c1-7(11)10(12)8-3-5-9(13-2)6-4-8/h3-6,10,12H,1-2H3/t10-/m0/s1. The first kappa shape index (κ1) is 9.74. The lowest BCUT2D eigenvalue weighted by Gasteiger charge is -2.07. The van der Waals surface area contributed by atoms with Crippen molar-refractivity contribution in [3.8, 4) is 5.75 Å². The Kier molecular flexibility index (Phi) is 3.03. The number of hydrogen-bond acceptors (Lipinski definition) is 3. The topological polar surface area (TPSA) is 46.5 Å². The average Bonchev–Trinajstić information content (AvgIpc) is 2.17. The number of rotatable bonds is 3. The van der Waals surface area contributed by atoms with Gasteiger partial charge in [0.1, 0.15) is 11.9 Å². The molecule has 0 spiro atoms. The van der Waals surface area contributed by atoms with E-state index in [2.05, 4.69) is 0 Å². The van der Waals surface area contributed by atoms with Crippen LogP contribution in [-0.4, -0.2) is 18.0 Å². The van der Waals surface area contributed by atoms with E-state index in [1.807, 2.05) is 0 Å². The molecule has 3 nitrogen and oxygen atoms in total. The van der Waals surface area contributed by atoms with E-state index in [-0.39, 0.29) is 5.78 Å². The second kappa shape index (κ2) is 4.05. The molecule has 13 heavy (non-hydrogen) atoms. The van der Waals surface area contributed by atoms with E-state index in [9.17, 15) is 9.90 Å². The Labute approximate surface area is 77.0 Å². The van der Waals surface area contributed by atoms with E-state index >= 15 is 0 Å². The van der Waals surface area contributed by atoms with Gasteiger partial charge in [0.25, 0.3) is 0 Å². The second-order valence-electron chi connectivity index (χ2n) is 2.79. The maximum Gasteiger partial charge on any atom is 0.162 e. The van der Waals surface area contributed by atoms with Crippen LogP contribution in [0.3, 0.4) is 0 Å². The van der Waals surface area contributed by atoms with Crippen molar-refractivity contribution in [2.24, 2.45) is 0 Å². The molecular weight excluding hydrogens is 168 g/mol. The number of Topliss-reactive ketones (excluding diaryl/α,β-unsaturated/α-hetero) is 1. The Bertz CT molecular complexity index is 290. The van der Waals surface area contributed by atoms with E-state index in [0.717, 1.165) is 0 Å². The second-order valence-corrected chi connectivity index (χ2v) is 2.79. The first-order valence-electron chi connectivity index (χ1n) is 3.97. The molecule has 0 unspecified atom stereocenters. The van der Waals surface area contributed by atoms with Crippen LogP contribution in [0.15, 0.2) is 24.3 Å². The van der Waals surface area contributed by atoms with Crippen LogP contribution in [0.25, 0.3) is 0 Å². The highest BCUT2D eigenvalue weighted by molar-refractivity contribution is 5.81. The summed E-state index contributed by atoms with van der Waals surface area (Å²) in [6.45, 7) is 1.36. The molecular formula is C10H12O3. The van der Waals surface area contributed by atoms with Crippen molar-refractivity contribution < 1.29 is 14.6 Å². The monoisotopic (exact) mass is 180 g/mol. The van der Waals surface area contributed by atoms with Gasteiger partial charge in [-0.25, -0.2) is 0 Å². The molecule has 0 fully saturated rings. The van der Waals surface area contributed by atoms with Crippen molar-refractivity contribution in [3.05, 3.63) is 29.8 Å². The van der Waals surface area contributed by atoms with Crippen LogP contribution in [0.1, 0.15) is 18.6 Å². The summed E-state index contributed by atoms with van der Waals surface area (Å²) in [5.41, 5.74) is 0.591. The summed E-state index contributed by atoms with van der Waals surface area (Å²) in [6, 6.07) is 6.76. The van der Waals surface area contributed by atoms with Crippen molar-refractivity contribution in [3.63, 3.8) is 0 Å². The zero-order chi connectivity index (χ0) is 9.84. The molecule has 0 heterocycles. The zero-order valence-corrected chi connectivity index (χ0v) is 7.65. The summed E-state index contributed by atoms with van der Waals surface area (Å²) in [4.78, 5) is 10.8. The number of benzene rings is 1. The lowest BCUT2D eigenvalue weighted by Crippen LogP contribution is -2.07. The van der Waals surface area contributed by atoms with Crippen LogP contribution in [0.5, 0.6) is 5.75 Å². The summed E-state index contributed by atoms with van der Waals surface area (Å²) in [5, 5.41) is 9.37. The summed E-state index contributed by atoms with van der Waals surface area (Å²) in [7, 11) is 1.57. The first-order valence-corrected chi connectivity index (χ1v) is 3.97. The van der Waals surface area contributed by atoms with Crippen molar-refractivity contribution in [2.75, 3.05) is 7.11 Å². The van der Waals surface area contributed by atoms with Crippen molar-refractivity contribution >= 4 is 5.78 Å². The molecule has 0 bridgehead atoms. The molecule has 1 N–H and O–H groups in total. The van der Waals surface area contributed by atoms with Gasteiger partial charge in [-0.1, -0.05) is 12.1 Å². The molecule has 0 amide bonds. The molecule has 0 aliphatic carbocycles. The molecule has 0 saturated heterocycles. The fraction of sp³-hybridized carbons (Fsp3) is 0.300. The summed E-state index contributed by atoms with van der Waals surface area (Å²) < 4.78 is 4.94. The summed E-state index contributed by atoms with van der Waals surface area (Å²) in [6.07, 6.45) is -1.02. The minimum absolute atomic E-state index is 0.259. The molecule has 1 atom stereocenters. The molecule has 1 aromatic carbocycles. The van der Waals surface area contributed by atoms with Gasteiger partial charge < -0.3 is 9.84 Å². The lowest BCUT2D eigenvalue weighted by molar-refractivity contribution is -0.125. The van der Waals surface area contributed by atoms with E-state index in [1.54, 1.807) is 31.4 Å². The number of carbonyl (C=O) groups excluding carboxylic acids is 1. The third-order valence-corrected chi connectivity index (χ3v) is 1.82. The normalized spacial score (nSPS) is 12.2. The predicted molar refractivity (Wildman–Crippen MR) is 48.6 cm³/mol. The van der Waals surface area contributed by atoms with Crippen LogP contribution < -0.4 is 4.74 Å². The number of methoxy groups -OCH3 is 1. The van der Waals surface area contributed by atoms with Gasteiger partial charge in [0.2, 0.25) is 0 Å². The maximum atomic E-state index is 10.8.